The second-order valence-electron chi connectivity index (χ2n) is 11.4. The van der Waals surface area contributed by atoms with Gasteiger partial charge in [-0.3, -0.25) is 14.4 Å². The van der Waals surface area contributed by atoms with Gasteiger partial charge in [-0.1, -0.05) is 43.7 Å². The van der Waals surface area contributed by atoms with Crippen LogP contribution in [0.1, 0.15) is 76.2 Å². The predicted octanol–water partition coefficient (Wildman–Crippen LogP) is 4.28. The zero-order chi connectivity index (χ0) is 28.1. The molecule has 2 heterocycles. The molecule has 1 aliphatic heterocycles. The summed E-state index contributed by atoms with van der Waals surface area (Å²) < 4.78 is 1.51. The number of piperidine rings is 1. The molecule has 2 aliphatic carbocycles. The van der Waals surface area contributed by atoms with Crippen LogP contribution in [0.25, 0.3) is 11.8 Å². The molecule has 10 nitrogen and oxygen atoms in total. The van der Waals surface area contributed by atoms with Crippen LogP contribution in [0, 0.1) is 17.8 Å². The SMILES string of the molecule is O=C(O)C1CCC(NC(=O)C2C(C3CCCCC3)CCCN2C(=O)C=Cc2cc(Cl)ccc2-n2cnnn2)CC1. The van der Waals surface area contributed by atoms with Crippen molar-refractivity contribution < 1.29 is 19.5 Å². The molecule has 2 unspecified atom stereocenters. The number of benzene rings is 1. The molecule has 2 atom stereocenters. The van der Waals surface area contributed by atoms with Crippen molar-refractivity contribution in [2.75, 3.05) is 6.54 Å². The first-order valence-electron chi connectivity index (χ1n) is 14.5. The van der Waals surface area contributed by atoms with Crippen molar-refractivity contribution in [3.05, 3.63) is 41.2 Å². The molecule has 0 bridgehead atoms. The lowest BCUT2D eigenvalue weighted by Crippen LogP contribution is -2.58. The summed E-state index contributed by atoms with van der Waals surface area (Å²) in [4.78, 5) is 40.7. The lowest BCUT2D eigenvalue weighted by molar-refractivity contribution is -0.144. The third-order valence-electron chi connectivity index (χ3n) is 8.90. The zero-order valence-corrected chi connectivity index (χ0v) is 23.4. The molecule has 5 rings (SSSR count). The van der Waals surface area contributed by atoms with E-state index in [1.54, 1.807) is 29.2 Å². The van der Waals surface area contributed by atoms with Gasteiger partial charge >= 0.3 is 5.97 Å². The first kappa shape index (κ1) is 28.3. The molecule has 40 heavy (non-hydrogen) atoms. The minimum absolute atomic E-state index is 0.0603. The van der Waals surface area contributed by atoms with Gasteiger partial charge in [-0.05, 0) is 85.1 Å². The van der Waals surface area contributed by atoms with Crippen LogP contribution in [0.4, 0.5) is 0 Å². The minimum Gasteiger partial charge on any atom is -0.481 e. The number of hydrogen-bond acceptors (Lipinski definition) is 6. The number of likely N-dealkylation sites (tertiary alicyclic amines) is 1. The first-order valence-corrected chi connectivity index (χ1v) is 14.8. The first-order chi connectivity index (χ1) is 19.4. The number of carbonyl (C=O) groups excluding carboxylic acids is 2. The van der Waals surface area contributed by atoms with Gasteiger partial charge in [0.25, 0.3) is 0 Å². The summed E-state index contributed by atoms with van der Waals surface area (Å²) in [7, 11) is 0. The fraction of sp³-hybridized carbons (Fsp3) is 0.586. The summed E-state index contributed by atoms with van der Waals surface area (Å²) in [6, 6.07) is 4.68. The van der Waals surface area contributed by atoms with Crippen molar-refractivity contribution in [1.82, 2.24) is 30.4 Å². The van der Waals surface area contributed by atoms with Crippen molar-refractivity contribution in [3.8, 4) is 5.69 Å². The van der Waals surface area contributed by atoms with Gasteiger partial charge in [0, 0.05) is 29.2 Å². The predicted molar refractivity (Wildman–Crippen MR) is 150 cm³/mol. The van der Waals surface area contributed by atoms with Crippen molar-refractivity contribution in [1.29, 1.82) is 0 Å². The maximum Gasteiger partial charge on any atom is 0.306 e. The Labute approximate surface area is 239 Å². The van der Waals surface area contributed by atoms with Crippen molar-refractivity contribution >= 4 is 35.5 Å². The normalized spacial score (nSPS) is 26.1. The van der Waals surface area contributed by atoms with Gasteiger partial charge in [0.2, 0.25) is 11.8 Å². The number of carboxylic acids is 1. The van der Waals surface area contributed by atoms with Gasteiger partial charge < -0.3 is 15.3 Å². The summed E-state index contributed by atoms with van der Waals surface area (Å²) in [6.07, 6.45) is 14.6. The van der Waals surface area contributed by atoms with E-state index in [0.29, 0.717) is 54.4 Å². The van der Waals surface area contributed by atoms with Crippen LogP contribution >= 0.6 is 11.6 Å². The van der Waals surface area contributed by atoms with E-state index in [2.05, 4.69) is 20.8 Å². The van der Waals surface area contributed by atoms with E-state index in [1.165, 1.54) is 23.5 Å². The molecule has 1 saturated heterocycles. The fourth-order valence-electron chi connectivity index (χ4n) is 6.83. The number of hydrogen-bond donors (Lipinski definition) is 2. The highest BCUT2D eigenvalue weighted by Crippen LogP contribution is 2.39. The molecule has 1 aromatic carbocycles. The molecule has 3 aliphatic rings. The number of tetrazole rings is 1. The zero-order valence-electron chi connectivity index (χ0n) is 22.6. The van der Waals surface area contributed by atoms with Gasteiger partial charge in [-0.2, -0.15) is 4.68 Å². The van der Waals surface area contributed by atoms with E-state index < -0.39 is 12.0 Å². The molecule has 2 aromatic rings. The standard InChI is InChI=1S/C29H37ClN6O4/c30-22-11-14-25(36-18-31-33-34-36)21(17-22)10-15-26(37)35-16-4-7-24(19-5-2-1-3-6-19)27(35)28(38)32-23-12-8-20(9-13-23)29(39)40/h10-11,14-15,17-20,23-24,27H,1-9,12-13,16H2,(H,32,38)(H,39,40). The summed E-state index contributed by atoms with van der Waals surface area (Å²) in [5.74, 6) is -0.881. The van der Waals surface area contributed by atoms with E-state index in [4.69, 9.17) is 11.6 Å². The molecule has 0 radical (unpaired) electrons. The summed E-state index contributed by atoms with van der Waals surface area (Å²) >= 11 is 6.26. The Morgan fingerprint density at radius 1 is 1.00 bits per heavy atom. The van der Waals surface area contributed by atoms with E-state index in [0.717, 1.165) is 38.5 Å². The Kier molecular flexibility index (Phi) is 9.14. The van der Waals surface area contributed by atoms with Crippen molar-refractivity contribution in [2.24, 2.45) is 17.8 Å². The smallest absolute Gasteiger partial charge is 0.306 e. The van der Waals surface area contributed by atoms with Gasteiger partial charge in [0.05, 0.1) is 11.6 Å². The Hall–Kier alpha value is -3.27. The molecule has 3 fully saturated rings. The number of nitrogens with one attached hydrogen (secondary N) is 1. The number of halogens is 1. The molecule has 214 valence electrons. The lowest BCUT2D eigenvalue weighted by Gasteiger charge is -2.45. The minimum atomic E-state index is -0.763. The largest absolute Gasteiger partial charge is 0.481 e. The van der Waals surface area contributed by atoms with E-state index in [1.807, 2.05) is 0 Å². The quantitative estimate of drug-likeness (QED) is 0.477. The Morgan fingerprint density at radius 3 is 2.48 bits per heavy atom. The average molecular weight is 569 g/mol. The number of rotatable bonds is 7. The molecule has 1 aromatic heterocycles. The van der Waals surface area contributed by atoms with Crippen LogP contribution in [-0.2, 0) is 14.4 Å². The molecular formula is C29H37ClN6O4. The van der Waals surface area contributed by atoms with Crippen LogP contribution in [0.5, 0.6) is 0 Å². The number of nitrogens with zero attached hydrogens (tertiary/aromatic N) is 5. The number of aromatic nitrogens is 4. The maximum absolute atomic E-state index is 13.9. The van der Waals surface area contributed by atoms with Gasteiger partial charge in [0.1, 0.15) is 12.4 Å². The number of carboxylic acid groups (broad SMARTS) is 1. The third-order valence-corrected chi connectivity index (χ3v) is 9.13. The maximum atomic E-state index is 13.9. The van der Waals surface area contributed by atoms with E-state index >= 15 is 0 Å². The van der Waals surface area contributed by atoms with Gasteiger partial charge in [-0.15, -0.1) is 5.10 Å². The van der Waals surface area contributed by atoms with Crippen molar-refractivity contribution in [3.63, 3.8) is 0 Å². The third kappa shape index (κ3) is 6.54. The van der Waals surface area contributed by atoms with Crippen LogP contribution in [0.2, 0.25) is 5.02 Å². The second kappa shape index (κ2) is 12.9. The molecule has 2 N–H and O–H groups in total. The Balaban J connectivity index is 1.36. The Morgan fingerprint density at radius 2 is 1.77 bits per heavy atom. The monoisotopic (exact) mass is 568 g/mol. The fourth-order valence-corrected chi connectivity index (χ4v) is 7.01. The topological polar surface area (TPSA) is 130 Å². The van der Waals surface area contributed by atoms with Gasteiger partial charge in [0.15, 0.2) is 0 Å². The summed E-state index contributed by atoms with van der Waals surface area (Å²) in [5, 5.41) is 24.4. The van der Waals surface area contributed by atoms with Crippen LogP contribution in [0.15, 0.2) is 30.6 Å². The summed E-state index contributed by atoms with van der Waals surface area (Å²) in [6.45, 7) is 0.519. The lowest BCUT2D eigenvalue weighted by atomic mass is 9.72. The molecule has 11 heteroatoms. The molecule has 0 spiro atoms. The highest BCUT2D eigenvalue weighted by atomic mass is 35.5. The number of carbonyl (C=O) groups is 3. The van der Waals surface area contributed by atoms with E-state index in [9.17, 15) is 19.5 Å². The second-order valence-corrected chi connectivity index (χ2v) is 11.8. The molecule has 2 amide bonds. The highest BCUT2D eigenvalue weighted by molar-refractivity contribution is 6.30. The number of aliphatic carboxylic acids is 1. The molecular weight excluding hydrogens is 532 g/mol. The van der Waals surface area contributed by atoms with Crippen molar-refractivity contribution in [2.45, 2.75) is 82.7 Å². The highest BCUT2D eigenvalue weighted by Gasteiger charge is 2.43. The summed E-state index contributed by atoms with van der Waals surface area (Å²) in [5.41, 5.74) is 1.37. The van der Waals surface area contributed by atoms with E-state index in [-0.39, 0.29) is 29.7 Å². The number of amides is 2. The molecule has 2 saturated carbocycles. The average Bonchev–Trinajstić information content (AvgIpc) is 3.51. The van der Waals surface area contributed by atoms with Crippen LogP contribution in [-0.4, -0.2) is 66.6 Å². The van der Waals surface area contributed by atoms with Crippen LogP contribution < -0.4 is 5.32 Å². The van der Waals surface area contributed by atoms with Gasteiger partial charge in [-0.25, -0.2) is 0 Å². The van der Waals surface area contributed by atoms with Crippen LogP contribution in [0.3, 0.4) is 0 Å². The Bertz CT molecular complexity index is 1220.